The van der Waals surface area contributed by atoms with E-state index < -0.39 is 5.60 Å². The van der Waals surface area contributed by atoms with Gasteiger partial charge in [0, 0.05) is 12.2 Å². The maximum atomic E-state index is 11.7. The number of carbonyl (C=O) groups is 1. The summed E-state index contributed by atoms with van der Waals surface area (Å²) >= 11 is 0. The van der Waals surface area contributed by atoms with Gasteiger partial charge in [-0.25, -0.2) is 4.98 Å². The van der Waals surface area contributed by atoms with Crippen LogP contribution in [0.5, 0.6) is 0 Å². The zero-order valence-corrected chi connectivity index (χ0v) is 9.95. The van der Waals surface area contributed by atoms with E-state index in [-0.39, 0.29) is 12.5 Å². The molecule has 16 heavy (non-hydrogen) atoms. The Bertz CT molecular complexity index is 375. The molecule has 0 aliphatic rings. The minimum absolute atomic E-state index is 0.234. The fourth-order valence-electron chi connectivity index (χ4n) is 1.16. The molecule has 1 aromatic heterocycles. The first-order chi connectivity index (χ1) is 7.44. The highest BCUT2D eigenvalue weighted by atomic mass is 16.3. The largest absolute Gasteiger partial charge is 0.388 e. The van der Waals surface area contributed by atoms with Crippen LogP contribution >= 0.6 is 0 Å². The molecule has 1 amide bonds. The van der Waals surface area contributed by atoms with E-state index in [1.807, 2.05) is 19.9 Å². The van der Waals surface area contributed by atoms with Crippen molar-refractivity contribution in [3.63, 3.8) is 0 Å². The molecule has 4 nitrogen and oxygen atoms in total. The molecule has 0 aliphatic heterocycles. The van der Waals surface area contributed by atoms with Crippen molar-refractivity contribution in [1.29, 1.82) is 0 Å². The molecule has 2 N–H and O–H groups in total. The summed E-state index contributed by atoms with van der Waals surface area (Å²) in [4.78, 5) is 15.8. The third kappa shape index (κ3) is 3.62. The molecule has 1 unspecified atom stereocenters. The van der Waals surface area contributed by atoms with E-state index in [2.05, 4.69) is 10.3 Å². The molecule has 0 aliphatic carbocycles. The lowest BCUT2D eigenvalue weighted by atomic mass is 10.0. The van der Waals surface area contributed by atoms with E-state index in [1.165, 1.54) is 0 Å². The number of aromatic nitrogens is 1. The Hall–Kier alpha value is -1.42. The third-order valence-corrected chi connectivity index (χ3v) is 2.51. The first-order valence-corrected chi connectivity index (χ1v) is 5.39. The quantitative estimate of drug-likeness (QED) is 0.806. The Morgan fingerprint density at radius 1 is 1.56 bits per heavy atom. The van der Waals surface area contributed by atoms with E-state index in [9.17, 15) is 9.90 Å². The molecule has 0 saturated carbocycles. The molecule has 4 heteroatoms. The fourth-order valence-corrected chi connectivity index (χ4v) is 1.16. The summed E-state index contributed by atoms with van der Waals surface area (Å²) in [6.07, 6.45) is 0.592. The van der Waals surface area contributed by atoms with Gasteiger partial charge in [-0.2, -0.15) is 0 Å². The van der Waals surface area contributed by atoms with E-state index in [0.29, 0.717) is 12.1 Å². The van der Waals surface area contributed by atoms with Crippen LogP contribution in [0.1, 0.15) is 36.5 Å². The first kappa shape index (κ1) is 12.6. The normalized spacial score (nSPS) is 14.2. The standard InChI is InChI=1S/C12H18N2O2/c1-4-12(3,16)8-13-11(15)10-7-5-6-9(2)14-10/h5-7,16H,4,8H2,1-3H3,(H,13,15). The van der Waals surface area contributed by atoms with Gasteiger partial charge in [0.1, 0.15) is 5.69 Å². The minimum atomic E-state index is -0.862. The lowest BCUT2D eigenvalue weighted by molar-refractivity contribution is 0.0517. The maximum Gasteiger partial charge on any atom is 0.269 e. The minimum Gasteiger partial charge on any atom is -0.388 e. The Labute approximate surface area is 95.7 Å². The van der Waals surface area contributed by atoms with Gasteiger partial charge in [-0.15, -0.1) is 0 Å². The number of hydrogen-bond acceptors (Lipinski definition) is 3. The lowest BCUT2D eigenvalue weighted by Gasteiger charge is -2.21. The second-order valence-electron chi connectivity index (χ2n) is 4.20. The second kappa shape index (κ2) is 5.07. The van der Waals surface area contributed by atoms with Gasteiger partial charge < -0.3 is 10.4 Å². The monoisotopic (exact) mass is 222 g/mol. The van der Waals surface area contributed by atoms with Crippen LogP contribution in [0.4, 0.5) is 0 Å². The smallest absolute Gasteiger partial charge is 0.269 e. The predicted molar refractivity (Wildman–Crippen MR) is 62.2 cm³/mol. The topological polar surface area (TPSA) is 62.2 Å². The van der Waals surface area contributed by atoms with Gasteiger partial charge >= 0.3 is 0 Å². The molecule has 0 bridgehead atoms. The van der Waals surface area contributed by atoms with Crippen LogP contribution in [-0.4, -0.2) is 28.1 Å². The van der Waals surface area contributed by atoms with Crippen LogP contribution in [0.3, 0.4) is 0 Å². The summed E-state index contributed by atoms with van der Waals surface area (Å²) in [5.41, 5.74) is 0.321. The summed E-state index contributed by atoms with van der Waals surface area (Å²) < 4.78 is 0. The first-order valence-electron chi connectivity index (χ1n) is 5.39. The molecule has 0 spiro atoms. The zero-order valence-electron chi connectivity index (χ0n) is 9.95. The van der Waals surface area contributed by atoms with Crippen LogP contribution < -0.4 is 5.32 Å². The van der Waals surface area contributed by atoms with Crippen LogP contribution in [0.2, 0.25) is 0 Å². The van der Waals surface area contributed by atoms with Gasteiger partial charge in [0.15, 0.2) is 0 Å². The fraction of sp³-hybridized carbons (Fsp3) is 0.500. The van der Waals surface area contributed by atoms with Gasteiger partial charge in [-0.3, -0.25) is 4.79 Å². The van der Waals surface area contributed by atoms with Crippen molar-refractivity contribution in [3.8, 4) is 0 Å². The van der Waals surface area contributed by atoms with Crippen LogP contribution in [0.25, 0.3) is 0 Å². The molecule has 1 rings (SSSR count). The SMILES string of the molecule is CCC(C)(O)CNC(=O)c1cccc(C)n1. The van der Waals surface area contributed by atoms with Gasteiger partial charge in [0.05, 0.1) is 5.60 Å². The molecule has 0 radical (unpaired) electrons. The maximum absolute atomic E-state index is 11.7. The van der Waals surface area contributed by atoms with Crippen molar-refractivity contribution in [2.24, 2.45) is 0 Å². The summed E-state index contributed by atoms with van der Waals surface area (Å²) in [5.74, 6) is -0.252. The highest BCUT2D eigenvalue weighted by Gasteiger charge is 2.19. The molecule has 0 aromatic carbocycles. The van der Waals surface area contributed by atoms with Gasteiger partial charge in [0.25, 0.3) is 5.91 Å². The van der Waals surface area contributed by atoms with Gasteiger partial charge in [-0.05, 0) is 32.4 Å². The molecule has 0 fully saturated rings. The molecule has 88 valence electrons. The zero-order chi connectivity index (χ0) is 12.2. The number of amides is 1. The molecule has 0 saturated heterocycles. The molecule has 1 atom stereocenters. The van der Waals surface area contributed by atoms with Crippen molar-refractivity contribution in [1.82, 2.24) is 10.3 Å². The number of nitrogens with one attached hydrogen (secondary N) is 1. The number of pyridine rings is 1. The summed E-state index contributed by atoms with van der Waals surface area (Å²) in [6, 6.07) is 5.27. The summed E-state index contributed by atoms with van der Waals surface area (Å²) in [7, 11) is 0. The highest BCUT2D eigenvalue weighted by Crippen LogP contribution is 2.06. The highest BCUT2D eigenvalue weighted by molar-refractivity contribution is 5.92. The Kier molecular flexibility index (Phi) is 4.01. The van der Waals surface area contributed by atoms with Crippen LogP contribution in [0.15, 0.2) is 18.2 Å². The number of rotatable bonds is 4. The number of carbonyl (C=O) groups excluding carboxylic acids is 1. The van der Waals surface area contributed by atoms with Crippen molar-refractivity contribution in [2.45, 2.75) is 32.8 Å². The molecular formula is C12H18N2O2. The van der Waals surface area contributed by atoms with Crippen LogP contribution in [0, 0.1) is 6.92 Å². The average Bonchev–Trinajstić information content (AvgIpc) is 2.26. The Morgan fingerprint density at radius 2 is 2.25 bits per heavy atom. The van der Waals surface area contributed by atoms with Crippen molar-refractivity contribution in [3.05, 3.63) is 29.6 Å². The molecule has 1 aromatic rings. The summed E-state index contributed by atoms with van der Waals surface area (Å²) in [5, 5.41) is 12.4. The van der Waals surface area contributed by atoms with E-state index in [0.717, 1.165) is 5.69 Å². The second-order valence-corrected chi connectivity index (χ2v) is 4.20. The van der Waals surface area contributed by atoms with E-state index >= 15 is 0 Å². The van der Waals surface area contributed by atoms with Crippen molar-refractivity contribution in [2.75, 3.05) is 6.54 Å². The van der Waals surface area contributed by atoms with Crippen molar-refractivity contribution < 1.29 is 9.90 Å². The predicted octanol–water partition coefficient (Wildman–Crippen LogP) is 1.28. The average molecular weight is 222 g/mol. The number of aryl methyl sites for hydroxylation is 1. The lowest BCUT2D eigenvalue weighted by Crippen LogP contribution is -2.40. The Morgan fingerprint density at radius 3 is 2.81 bits per heavy atom. The van der Waals surface area contributed by atoms with Gasteiger partial charge in [0.2, 0.25) is 0 Å². The Balaban J connectivity index is 2.60. The van der Waals surface area contributed by atoms with E-state index in [4.69, 9.17) is 0 Å². The van der Waals surface area contributed by atoms with Gasteiger partial charge in [-0.1, -0.05) is 13.0 Å². The summed E-state index contributed by atoms with van der Waals surface area (Å²) in [6.45, 7) is 5.63. The number of aliphatic hydroxyl groups is 1. The number of hydrogen-bond donors (Lipinski definition) is 2. The van der Waals surface area contributed by atoms with Crippen molar-refractivity contribution >= 4 is 5.91 Å². The van der Waals surface area contributed by atoms with E-state index in [1.54, 1.807) is 19.1 Å². The molecule has 1 heterocycles. The molecular weight excluding hydrogens is 204 g/mol. The van der Waals surface area contributed by atoms with Crippen LogP contribution in [-0.2, 0) is 0 Å². The third-order valence-electron chi connectivity index (χ3n) is 2.51. The number of nitrogens with zero attached hydrogens (tertiary/aromatic N) is 1.